The van der Waals surface area contributed by atoms with Crippen LogP contribution in [0.4, 0.5) is 11.7 Å². The monoisotopic (exact) mass is 402 g/mol. The van der Waals surface area contributed by atoms with Crippen molar-refractivity contribution in [3.05, 3.63) is 58.7 Å². The van der Waals surface area contributed by atoms with Crippen LogP contribution in [0, 0.1) is 0 Å². The fourth-order valence-electron chi connectivity index (χ4n) is 2.27. The largest absolute Gasteiger partial charge is 0.495 e. The third-order valence-electron chi connectivity index (χ3n) is 3.48. The van der Waals surface area contributed by atoms with Crippen molar-refractivity contribution >= 4 is 33.6 Å². The van der Waals surface area contributed by atoms with Crippen molar-refractivity contribution in [1.82, 2.24) is 4.98 Å². The highest BCUT2D eigenvalue weighted by atomic mass is 79.9. The number of hydrogen-bond acceptors (Lipinski definition) is 6. The second-order valence-corrected chi connectivity index (χ2v) is 5.99. The number of hydrogen-bond donors (Lipinski definition) is 1. The first-order valence-electron chi connectivity index (χ1n) is 7.36. The van der Waals surface area contributed by atoms with Gasteiger partial charge in [-0.05, 0) is 30.3 Å². The Morgan fingerprint density at radius 3 is 2.76 bits per heavy atom. The van der Waals surface area contributed by atoms with Gasteiger partial charge in [0, 0.05) is 10.0 Å². The zero-order valence-corrected chi connectivity index (χ0v) is 15.2. The molecule has 0 spiro atoms. The molecule has 0 bridgehead atoms. The lowest BCUT2D eigenvalue weighted by Crippen LogP contribution is -2.03. The minimum Gasteiger partial charge on any atom is -0.495 e. The van der Waals surface area contributed by atoms with Gasteiger partial charge in [-0.25, -0.2) is 9.78 Å². The average Bonchev–Trinajstić information content (AvgIpc) is 3.09. The van der Waals surface area contributed by atoms with Crippen molar-refractivity contribution in [2.45, 2.75) is 0 Å². The number of aromatic nitrogens is 1. The molecule has 128 valence electrons. The van der Waals surface area contributed by atoms with Crippen LogP contribution in [0.5, 0.6) is 5.75 Å². The number of halogens is 1. The summed E-state index contributed by atoms with van der Waals surface area (Å²) in [6, 6.07) is 12.9. The average molecular weight is 403 g/mol. The molecule has 0 atom stereocenters. The molecule has 0 aliphatic heterocycles. The van der Waals surface area contributed by atoms with E-state index in [1.807, 2.05) is 24.3 Å². The van der Waals surface area contributed by atoms with Crippen LogP contribution < -0.4 is 10.1 Å². The van der Waals surface area contributed by atoms with Crippen molar-refractivity contribution in [2.75, 3.05) is 19.5 Å². The van der Waals surface area contributed by atoms with E-state index in [2.05, 4.69) is 26.2 Å². The maximum absolute atomic E-state index is 11.7. The molecule has 6 nitrogen and oxygen atoms in total. The summed E-state index contributed by atoms with van der Waals surface area (Å²) in [6.45, 7) is 0. The number of nitrogens with one attached hydrogen (secondary N) is 1. The zero-order chi connectivity index (χ0) is 17.8. The Hall–Kier alpha value is -2.80. The van der Waals surface area contributed by atoms with E-state index in [4.69, 9.17) is 13.9 Å². The standard InChI is InChI=1S/C18H15BrN2O4/c1-23-15-7-6-12(17(22)24-2)9-14(15)21-18-20-10-16(25-18)11-4-3-5-13(19)8-11/h3-10H,1-2H3,(H,20,21). The van der Waals surface area contributed by atoms with E-state index in [0.717, 1.165) is 10.0 Å². The Bertz CT molecular complexity index is 908. The number of ether oxygens (including phenoxy) is 2. The molecular weight excluding hydrogens is 388 g/mol. The molecule has 1 N–H and O–H groups in total. The highest BCUT2D eigenvalue weighted by Crippen LogP contribution is 2.31. The Morgan fingerprint density at radius 1 is 1.20 bits per heavy atom. The molecule has 1 aromatic heterocycles. The van der Waals surface area contributed by atoms with Crippen molar-refractivity contribution in [3.8, 4) is 17.1 Å². The Balaban J connectivity index is 1.88. The maximum atomic E-state index is 11.7. The fourth-order valence-corrected chi connectivity index (χ4v) is 2.67. The molecule has 0 unspecified atom stereocenters. The van der Waals surface area contributed by atoms with Gasteiger partial charge in [-0.1, -0.05) is 28.1 Å². The lowest BCUT2D eigenvalue weighted by molar-refractivity contribution is 0.0600. The van der Waals surface area contributed by atoms with Gasteiger partial charge >= 0.3 is 5.97 Å². The van der Waals surface area contributed by atoms with Crippen molar-refractivity contribution in [3.63, 3.8) is 0 Å². The molecule has 3 rings (SSSR count). The number of methoxy groups -OCH3 is 2. The van der Waals surface area contributed by atoms with E-state index in [1.165, 1.54) is 7.11 Å². The number of anilines is 2. The first-order chi connectivity index (χ1) is 12.1. The third-order valence-corrected chi connectivity index (χ3v) is 3.97. The molecule has 3 aromatic rings. The zero-order valence-electron chi connectivity index (χ0n) is 13.6. The van der Waals surface area contributed by atoms with Crippen LogP contribution in [0.15, 0.2) is 57.6 Å². The molecule has 0 aliphatic rings. The van der Waals surface area contributed by atoms with Crippen LogP contribution in [0.2, 0.25) is 0 Å². The van der Waals surface area contributed by atoms with Gasteiger partial charge in [-0.2, -0.15) is 0 Å². The maximum Gasteiger partial charge on any atom is 0.337 e. The van der Waals surface area contributed by atoms with Crippen molar-refractivity contribution in [1.29, 1.82) is 0 Å². The number of esters is 1. The summed E-state index contributed by atoms with van der Waals surface area (Å²) in [5, 5.41) is 3.03. The summed E-state index contributed by atoms with van der Waals surface area (Å²) in [5.74, 6) is 0.731. The van der Waals surface area contributed by atoms with E-state index in [0.29, 0.717) is 22.8 Å². The second kappa shape index (κ2) is 7.40. The molecule has 1 heterocycles. The Kier molecular flexibility index (Phi) is 5.04. The summed E-state index contributed by atoms with van der Waals surface area (Å²) in [6.07, 6.45) is 1.63. The lowest BCUT2D eigenvalue weighted by Gasteiger charge is -2.10. The van der Waals surface area contributed by atoms with Gasteiger partial charge in [-0.15, -0.1) is 0 Å². The number of nitrogens with zero attached hydrogens (tertiary/aromatic N) is 1. The number of rotatable bonds is 5. The summed E-state index contributed by atoms with van der Waals surface area (Å²) < 4.78 is 16.7. The van der Waals surface area contributed by atoms with E-state index in [9.17, 15) is 4.79 Å². The fraction of sp³-hybridized carbons (Fsp3) is 0.111. The highest BCUT2D eigenvalue weighted by molar-refractivity contribution is 9.10. The minimum atomic E-state index is -0.437. The van der Waals surface area contributed by atoms with Gasteiger partial charge < -0.3 is 19.2 Å². The van der Waals surface area contributed by atoms with Crippen molar-refractivity contribution < 1.29 is 18.7 Å². The second-order valence-electron chi connectivity index (χ2n) is 5.07. The number of carbonyl (C=O) groups excluding carboxylic acids is 1. The number of carbonyl (C=O) groups is 1. The van der Waals surface area contributed by atoms with Crippen LogP contribution in [-0.2, 0) is 4.74 Å². The lowest BCUT2D eigenvalue weighted by atomic mass is 10.2. The van der Waals surface area contributed by atoms with Crippen LogP contribution in [-0.4, -0.2) is 25.2 Å². The minimum absolute atomic E-state index is 0.287. The highest BCUT2D eigenvalue weighted by Gasteiger charge is 2.13. The Morgan fingerprint density at radius 2 is 2.04 bits per heavy atom. The topological polar surface area (TPSA) is 73.6 Å². The van der Waals surface area contributed by atoms with Gasteiger partial charge in [-0.3, -0.25) is 0 Å². The van der Waals surface area contributed by atoms with Gasteiger partial charge in [0.15, 0.2) is 5.76 Å². The van der Waals surface area contributed by atoms with Crippen molar-refractivity contribution in [2.24, 2.45) is 0 Å². The predicted molar refractivity (Wildman–Crippen MR) is 97.3 cm³/mol. The normalized spacial score (nSPS) is 10.4. The molecule has 0 saturated heterocycles. The molecule has 25 heavy (non-hydrogen) atoms. The summed E-state index contributed by atoms with van der Waals surface area (Å²) >= 11 is 3.43. The van der Waals surface area contributed by atoms with E-state index >= 15 is 0 Å². The van der Waals surface area contributed by atoms with Crippen LogP contribution in [0.3, 0.4) is 0 Å². The molecule has 7 heteroatoms. The first-order valence-corrected chi connectivity index (χ1v) is 8.15. The van der Waals surface area contributed by atoms with Gasteiger partial charge in [0.05, 0.1) is 31.7 Å². The number of benzene rings is 2. The first kappa shape index (κ1) is 17.0. The molecule has 0 radical (unpaired) electrons. The summed E-state index contributed by atoms with van der Waals surface area (Å²) in [4.78, 5) is 15.9. The van der Waals surface area contributed by atoms with E-state index < -0.39 is 5.97 Å². The van der Waals surface area contributed by atoms with Gasteiger partial charge in [0.2, 0.25) is 0 Å². The molecule has 0 amide bonds. The molecule has 0 saturated carbocycles. The number of oxazole rings is 1. The molecular formula is C18H15BrN2O4. The molecule has 0 fully saturated rings. The Labute approximate surface area is 152 Å². The van der Waals surface area contributed by atoms with E-state index in [-0.39, 0.29) is 6.01 Å². The summed E-state index contributed by atoms with van der Waals surface area (Å²) in [7, 11) is 2.87. The van der Waals surface area contributed by atoms with Crippen LogP contribution >= 0.6 is 15.9 Å². The van der Waals surface area contributed by atoms with Crippen LogP contribution in [0.25, 0.3) is 11.3 Å². The molecule has 2 aromatic carbocycles. The quantitative estimate of drug-likeness (QED) is 0.626. The SMILES string of the molecule is COC(=O)c1ccc(OC)c(Nc2ncc(-c3cccc(Br)c3)o2)c1. The predicted octanol–water partition coefficient (Wildman–Crippen LogP) is 4.64. The van der Waals surface area contributed by atoms with Gasteiger partial charge in [0.25, 0.3) is 6.01 Å². The van der Waals surface area contributed by atoms with Crippen LogP contribution in [0.1, 0.15) is 10.4 Å². The van der Waals surface area contributed by atoms with E-state index in [1.54, 1.807) is 31.5 Å². The van der Waals surface area contributed by atoms with Gasteiger partial charge in [0.1, 0.15) is 5.75 Å². The smallest absolute Gasteiger partial charge is 0.337 e. The third kappa shape index (κ3) is 3.83. The molecule has 0 aliphatic carbocycles. The summed E-state index contributed by atoms with van der Waals surface area (Å²) in [5.41, 5.74) is 1.84.